The fraction of sp³-hybridized carbons (Fsp3) is 0.933. The third-order valence-corrected chi connectivity index (χ3v) is 4.34. The van der Waals surface area contributed by atoms with E-state index in [4.69, 9.17) is 5.73 Å². The van der Waals surface area contributed by atoms with Crippen molar-refractivity contribution in [2.75, 3.05) is 6.54 Å². The van der Waals surface area contributed by atoms with Gasteiger partial charge in [-0.2, -0.15) is 0 Å². The van der Waals surface area contributed by atoms with E-state index in [2.05, 4.69) is 20.8 Å². The van der Waals surface area contributed by atoms with Crippen molar-refractivity contribution in [2.24, 2.45) is 23.0 Å². The minimum Gasteiger partial charge on any atom is -0.330 e. The first-order chi connectivity index (χ1) is 7.94. The minimum absolute atomic E-state index is 0.229. The molecule has 1 saturated carbocycles. The molecule has 0 unspecified atom stereocenters. The fourth-order valence-corrected chi connectivity index (χ4v) is 2.76. The highest BCUT2D eigenvalue weighted by atomic mass is 16.1. The first kappa shape index (κ1) is 14.7. The van der Waals surface area contributed by atoms with Crippen LogP contribution in [0.1, 0.15) is 65.7 Å². The number of Topliss-reactive ketones (excluding diaryl/α,β-unsaturated/α-hetero) is 1. The molecule has 2 nitrogen and oxygen atoms in total. The normalized spacial score (nSPS) is 25.9. The summed E-state index contributed by atoms with van der Waals surface area (Å²) in [5.74, 6) is 1.69. The van der Waals surface area contributed by atoms with Crippen LogP contribution in [0.2, 0.25) is 0 Å². The van der Waals surface area contributed by atoms with Crippen molar-refractivity contribution in [2.45, 2.75) is 65.7 Å². The molecule has 1 rings (SSSR count). The Kier molecular flexibility index (Phi) is 5.64. The van der Waals surface area contributed by atoms with E-state index in [1.165, 1.54) is 12.8 Å². The number of hydrogen-bond donors (Lipinski definition) is 1. The fourth-order valence-electron chi connectivity index (χ4n) is 2.76. The van der Waals surface area contributed by atoms with E-state index in [1.54, 1.807) is 0 Å². The zero-order chi connectivity index (χ0) is 12.9. The van der Waals surface area contributed by atoms with Gasteiger partial charge in [-0.3, -0.25) is 4.79 Å². The van der Waals surface area contributed by atoms with Crippen LogP contribution in [0.3, 0.4) is 0 Å². The van der Waals surface area contributed by atoms with Gasteiger partial charge in [0.1, 0.15) is 5.78 Å². The van der Waals surface area contributed by atoms with Gasteiger partial charge in [-0.25, -0.2) is 0 Å². The number of ketones is 1. The first-order valence-corrected chi connectivity index (χ1v) is 7.17. The highest BCUT2D eigenvalue weighted by molar-refractivity contribution is 5.81. The Balaban J connectivity index is 2.29. The quantitative estimate of drug-likeness (QED) is 0.770. The SMILES string of the molecule is CC1CCC(C(=O)CCC(C)(C)CCN)CC1. The van der Waals surface area contributed by atoms with Crippen molar-refractivity contribution >= 4 is 5.78 Å². The van der Waals surface area contributed by atoms with Gasteiger partial charge in [0.05, 0.1) is 0 Å². The summed E-state index contributed by atoms with van der Waals surface area (Å²) >= 11 is 0. The van der Waals surface area contributed by atoms with Crippen LogP contribution in [0.4, 0.5) is 0 Å². The lowest BCUT2D eigenvalue weighted by molar-refractivity contribution is -0.124. The largest absolute Gasteiger partial charge is 0.330 e. The van der Waals surface area contributed by atoms with Crippen LogP contribution in [-0.4, -0.2) is 12.3 Å². The molecule has 2 heteroatoms. The summed E-state index contributed by atoms with van der Waals surface area (Å²) in [7, 11) is 0. The van der Waals surface area contributed by atoms with Crippen molar-refractivity contribution in [1.29, 1.82) is 0 Å². The molecule has 1 aliphatic rings. The van der Waals surface area contributed by atoms with Crippen LogP contribution in [0.25, 0.3) is 0 Å². The number of rotatable bonds is 6. The Hall–Kier alpha value is -0.370. The predicted octanol–water partition coefficient (Wildman–Crippen LogP) is 3.54. The van der Waals surface area contributed by atoms with Gasteiger partial charge in [0.2, 0.25) is 0 Å². The van der Waals surface area contributed by atoms with E-state index in [0.29, 0.717) is 11.7 Å². The maximum absolute atomic E-state index is 12.1. The van der Waals surface area contributed by atoms with Crippen molar-refractivity contribution in [3.8, 4) is 0 Å². The number of carbonyl (C=O) groups excluding carboxylic acids is 1. The highest BCUT2D eigenvalue weighted by Crippen LogP contribution is 2.32. The monoisotopic (exact) mass is 239 g/mol. The summed E-state index contributed by atoms with van der Waals surface area (Å²) in [5.41, 5.74) is 5.82. The molecule has 0 amide bonds. The molecule has 100 valence electrons. The maximum Gasteiger partial charge on any atom is 0.135 e. The lowest BCUT2D eigenvalue weighted by atomic mass is 9.77. The van der Waals surface area contributed by atoms with E-state index >= 15 is 0 Å². The molecule has 0 spiro atoms. The zero-order valence-electron chi connectivity index (χ0n) is 11.8. The van der Waals surface area contributed by atoms with Crippen LogP contribution in [0.5, 0.6) is 0 Å². The van der Waals surface area contributed by atoms with Crippen LogP contribution in [0.15, 0.2) is 0 Å². The smallest absolute Gasteiger partial charge is 0.135 e. The number of carbonyl (C=O) groups is 1. The maximum atomic E-state index is 12.1. The van der Waals surface area contributed by atoms with Crippen LogP contribution >= 0.6 is 0 Å². The molecule has 0 radical (unpaired) electrons. The molecule has 17 heavy (non-hydrogen) atoms. The lowest BCUT2D eigenvalue weighted by Crippen LogP contribution is -2.23. The molecule has 0 aromatic rings. The molecule has 1 fully saturated rings. The standard InChI is InChI=1S/C15H29NO/c1-12-4-6-13(7-5-12)14(17)8-9-15(2,3)10-11-16/h12-13H,4-11,16H2,1-3H3. The van der Waals surface area contributed by atoms with E-state index in [9.17, 15) is 4.79 Å². The van der Waals surface area contributed by atoms with Gasteiger partial charge >= 0.3 is 0 Å². The van der Waals surface area contributed by atoms with E-state index in [-0.39, 0.29) is 5.41 Å². The molecular formula is C15H29NO. The topological polar surface area (TPSA) is 43.1 Å². The average Bonchev–Trinajstić information content (AvgIpc) is 2.27. The summed E-state index contributed by atoms with van der Waals surface area (Å²) in [6.07, 6.45) is 7.49. The first-order valence-electron chi connectivity index (χ1n) is 7.17. The van der Waals surface area contributed by atoms with Gasteiger partial charge in [-0.15, -0.1) is 0 Å². The van der Waals surface area contributed by atoms with Gasteiger partial charge in [-0.05, 0) is 43.6 Å². The molecule has 0 saturated heterocycles. The molecule has 0 bridgehead atoms. The highest BCUT2D eigenvalue weighted by Gasteiger charge is 2.26. The van der Waals surface area contributed by atoms with E-state index in [1.807, 2.05) is 0 Å². The van der Waals surface area contributed by atoms with Gasteiger partial charge in [0.25, 0.3) is 0 Å². The molecule has 0 atom stereocenters. The second-order valence-corrected chi connectivity index (χ2v) is 6.63. The molecule has 0 aromatic carbocycles. The Morgan fingerprint density at radius 3 is 2.29 bits per heavy atom. The lowest BCUT2D eigenvalue weighted by Gasteiger charge is -2.27. The molecule has 2 N–H and O–H groups in total. The summed E-state index contributed by atoms with van der Waals surface area (Å²) < 4.78 is 0. The Morgan fingerprint density at radius 1 is 1.18 bits per heavy atom. The minimum atomic E-state index is 0.229. The Morgan fingerprint density at radius 2 is 1.76 bits per heavy atom. The molecule has 0 heterocycles. The van der Waals surface area contributed by atoms with Gasteiger partial charge in [0.15, 0.2) is 0 Å². The second kappa shape index (κ2) is 6.53. The van der Waals surface area contributed by atoms with Crippen molar-refractivity contribution in [3.05, 3.63) is 0 Å². The summed E-state index contributed by atoms with van der Waals surface area (Å²) in [5, 5.41) is 0. The molecular weight excluding hydrogens is 210 g/mol. The molecule has 0 aliphatic heterocycles. The molecule has 1 aliphatic carbocycles. The van der Waals surface area contributed by atoms with Gasteiger partial charge < -0.3 is 5.73 Å². The summed E-state index contributed by atoms with van der Waals surface area (Å²) in [6, 6.07) is 0. The van der Waals surface area contributed by atoms with Crippen LogP contribution in [0, 0.1) is 17.3 Å². The molecule has 0 aromatic heterocycles. The summed E-state index contributed by atoms with van der Waals surface area (Å²) in [4.78, 5) is 12.1. The van der Waals surface area contributed by atoms with Crippen molar-refractivity contribution in [1.82, 2.24) is 0 Å². The third kappa shape index (κ3) is 5.20. The average molecular weight is 239 g/mol. The summed E-state index contributed by atoms with van der Waals surface area (Å²) in [6.45, 7) is 7.46. The van der Waals surface area contributed by atoms with Gasteiger partial charge in [-0.1, -0.05) is 33.6 Å². The number of nitrogens with two attached hydrogens (primary N) is 1. The number of hydrogen-bond acceptors (Lipinski definition) is 2. The second-order valence-electron chi connectivity index (χ2n) is 6.63. The zero-order valence-corrected chi connectivity index (χ0v) is 11.8. The van der Waals surface area contributed by atoms with E-state index < -0.39 is 0 Å². The van der Waals surface area contributed by atoms with Crippen molar-refractivity contribution < 1.29 is 4.79 Å². The van der Waals surface area contributed by atoms with Crippen LogP contribution in [-0.2, 0) is 4.79 Å². The third-order valence-electron chi connectivity index (χ3n) is 4.34. The Labute approximate surface area is 106 Å². The van der Waals surface area contributed by atoms with Gasteiger partial charge in [0, 0.05) is 12.3 Å². The van der Waals surface area contributed by atoms with Crippen molar-refractivity contribution in [3.63, 3.8) is 0 Å². The Bertz CT molecular complexity index is 239. The predicted molar refractivity (Wildman–Crippen MR) is 72.8 cm³/mol. The van der Waals surface area contributed by atoms with E-state index in [0.717, 1.165) is 44.6 Å². The van der Waals surface area contributed by atoms with Crippen LogP contribution < -0.4 is 5.73 Å².